The summed E-state index contributed by atoms with van der Waals surface area (Å²) in [5, 5.41) is 5.71. The first-order chi connectivity index (χ1) is 13.7. The van der Waals surface area contributed by atoms with E-state index in [0.29, 0.717) is 5.92 Å². The Bertz CT molecular complexity index is 805. The van der Waals surface area contributed by atoms with Crippen molar-refractivity contribution < 1.29 is 14.4 Å². The van der Waals surface area contributed by atoms with Gasteiger partial charge in [-0.15, -0.1) is 0 Å². The van der Waals surface area contributed by atoms with Crippen LogP contribution in [-0.2, 0) is 28.0 Å². The molecule has 2 aliphatic rings. The molecule has 1 fully saturated rings. The summed E-state index contributed by atoms with van der Waals surface area (Å²) >= 11 is 0. The molecule has 1 aromatic rings. The smallest absolute Gasteiger partial charge is 0.325 e. The number of amides is 4. The van der Waals surface area contributed by atoms with Gasteiger partial charge in [-0.25, -0.2) is 4.79 Å². The first-order valence-corrected chi connectivity index (χ1v) is 10.8. The Kier molecular flexibility index (Phi) is 6.30. The van der Waals surface area contributed by atoms with Gasteiger partial charge in [0.05, 0.1) is 0 Å². The van der Waals surface area contributed by atoms with Crippen molar-refractivity contribution in [2.75, 3.05) is 6.54 Å². The van der Waals surface area contributed by atoms with Crippen LogP contribution in [0.25, 0.3) is 0 Å². The highest BCUT2D eigenvalue weighted by atomic mass is 16.2. The van der Waals surface area contributed by atoms with Crippen LogP contribution in [0, 0.1) is 5.92 Å². The third kappa shape index (κ3) is 4.62. The van der Waals surface area contributed by atoms with Gasteiger partial charge in [-0.2, -0.15) is 0 Å². The predicted molar refractivity (Wildman–Crippen MR) is 112 cm³/mol. The van der Waals surface area contributed by atoms with Crippen molar-refractivity contribution in [2.45, 2.75) is 77.8 Å². The second kappa shape index (κ2) is 8.56. The lowest BCUT2D eigenvalue weighted by atomic mass is 9.89. The number of carbonyl (C=O) groups excluding carboxylic acids is 3. The molecule has 4 amide bonds. The maximum absolute atomic E-state index is 13.1. The van der Waals surface area contributed by atoms with E-state index in [9.17, 15) is 14.4 Å². The van der Waals surface area contributed by atoms with Crippen LogP contribution in [-0.4, -0.2) is 35.3 Å². The van der Waals surface area contributed by atoms with Crippen molar-refractivity contribution >= 4 is 17.8 Å². The molecular formula is C23H33N3O3. The van der Waals surface area contributed by atoms with E-state index in [1.54, 1.807) is 6.92 Å². The van der Waals surface area contributed by atoms with Crippen molar-refractivity contribution in [1.29, 1.82) is 0 Å². The molecule has 0 saturated carbocycles. The fourth-order valence-corrected chi connectivity index (χ4v) is 4.29. The van der Waals surface area contributed by atoms with Crippen molar-refractivity contribution in [3.63, 3.8) is 0 Å². The highest BCUT2D eigenvalue weighted by Crippen LogP contribution is 2.32. The Morgan fingerprint density at radius 2 is 1.90 bits per heavy atom. The zero-order valence-electron chi connectivity index (χ0n) is 18.0. The number of urea groups is 1. The lowest BCUT2D eigenvalue weighted by molar-refractivity contribution is -0.135. The highest BCUT2D eigenvalue weighted by molar-refractivity contribution is 6.09. The van der Waals surface area contributed by atoms with Crippen LogP contribution in [0.2, 0.25) is 0 Å². The molecule has 0 aromatic heterocycles. The second-order valence-corrected chi connectivity index (χ2v) is 9.08. The molecule has 1 saturated heterocycles. The second-order valence-electron chi connectivity index (χ2n) is 9.08. The summed E-state index contributed by atoms with van der Waals surface area (Å²) in [6, 6.07) is 5.51. The molecule has 2 N–H and O–H groups in total. The van der Waals surface area contributed by atoms with Gasteiger partial charge < -0.3 is 10.6 Å². The Hall–Kier alpha value is -2.37. The third-order valence-electron chi connectivity index (χ3n) is 6.08. The number of nitrogens with one attached hydrogen (secondary N) is 2. The van der Waals surface area contributed by atoms with E-state index in [0.717, 1.165) is 49.0 Å². The average molecular weight is 400 g/mol. The molecule has 3 rings (SSSR count). The van der Waals surface area contributed by atoms with Crippen LogP contribution in [0.5, 0.6) is 0 Å². The van der Waals surface area contributed by atoms with Crippen LogP contribution >= 0.6 is 0 Å². The van der Waals surface area contributed by atoms with Crippen molar-refractivity contribution in [1.82, 2.24) is 15.5 Å². The monoisotopic (exact) mass is 399 g/mol. The van der Waals surface area contributed by atoms with Crippen LogP contribution in [0.15, 0.2) is 18.2 Å². The molecule has 29 heavy (non-hydrogen) atoms. The number of fused-ring (bicyclic) bond motifs is 1. The molecule has 1 aliphatic carbocycles. The zero-order valence-corrected chi connectivity index (χ0v) is 18.0. The number of carbonyl (C=O) groups is 3. The topological polar surface area (TPSA) is 78.5 Å². The summed E-state index contributed by atoms with van der Waals surface area (Å²) in [7, 11) is 0. The first-order valence-electron chi connectivity index (χ1n) is 10.8. The van der Waals surface area contributed by atoms with E-state index in [2.05, 4.69) is 30.5 Å². The van der Waals surface area contributed by atoms with Crippen LogP contribution in [0.3, 0.4) is 0 Å². The van der Waals surface area contributed by atoms with Gasteiger partial charge in [-0.05, 0) is 62.1 Å². The molecule has 0 radical (unpaired) electrons. The van der Waals surface area contributed by atoms with E-state index in [-0.39, 0.29) is 24.4 Å². The minimum atomic E-state index is -1.13. The molecule has 1 aliphatic heterocycles. The van der Waals surface area contributed by atoms with Gasteiger partial charge in [0.15, 0.2) is 0 Å². The fourth-order valence-electron chi connectivity index (χ4n) is 4.29. The summed E-state index contributed by atoms with van der Waals surface area (Å²) in [4.78, 5) is 39.0. The maximum atomic E-state index is 13.1. The van der Waals surface area contributed by atoms with Gasteiger partial charge >= 0.3 is 6.03 Å². The van der Waals surface area contributed by atoms with Crippen molar-refractivity contribution in [3.8, 4) is 0 Å². The molecule has 0 bridgehead atoms. The molecule has 6 nitrogen and oxygen atoms in total. The third-order valence-corrected chi connectivity index (χ3v) is 6.08. The van der Waals surface area contributed by atoms with Gasteiger partial charge in [-0.3, -0.25) is 14.5 Å². The van der Waals surface area contributed by atoms with E-state index >= 15 is 0 Å². The number of benzene rings is 1. The largest absolute Gasteiger partial charge is 0.352 e. The highest BCUT2D eigenvalue weighted by Gasteiger charge is 2.49. The molecule has 0 spiro atoms. The van der Waals surface area contributed by atoms with Crippen molar-refractivity contribution in [2.24, 2.45) is 5.92 Å². The van der Waals surface area contributed by atoms with E-state index in [1.807, 2.05) is 19.1 Å². The molecular weight excluding hydrogens is 366 g/mol. The normalized spacial score (nSPS) is 22.0. The Balaban J connectivity index is 1.62. The van der Waals surface area contributed by atoms with Gasteiger partial charge in [0, 0.05) is 6.04 Å². The number of imide groups is 1. The summed E-state index contributed by atoms with van der Waals surface area (Å²) in [5.74, 6) is -0.0347. The molecule has 1 aromatic carbocycles. The predicted octanol–water partition coefficient (Wildman–Crippen LogP) is 3.27. The van der Waals surface area contributed by atoms with E-state index < -0.39 is 11.6 Å². The number of rotatable bonds is 8. The van der Waals surface area contributed by atoms with Crippen LogP contribution in [0.1, 0.15) is 70.1 Å². The number of hydrogen-bond acceptors (Lipinski definition) is 3. The minimum absolute atomic E-state index is 0.0186. The van der Waals surface area contributed by atoms with Gasteiger partial charge in [0.1, 0.15) is 12.1 Å². The SMILES string of the molecule is CC(C)CCCC(C)NC(=O)CN1C(=O)NC(C)(c2ccc3c(c2)CCC3)C1=O. The first kappa shape index (κ1) is 21.3. The summed E-state index contributed by atoms with van der Waals surface area (Å²) in [6.45, 7) is 7.78. The van der Waals surface area contributed by atoms with Gasteiger partial charge in [0.25, 0.3) is 5.91 Å². The van der Waals surface area contributed by atoms with Crippen molar-refractivity contribution in [3.05, 3.63) is 34.9 Å². The number of nitrogens with zero attached hydrogens (tertiary/aromatic N) is 1. The van der Waals surface area contributed by atoms with E-state index in [4.69, 9.17) is 0 Å². The molecule has 1 heterocycles. The Labute approximate surface area is 173 Å². The molecule has 2 atom stereocenters. The molecule has 6 heteroatoms. The summed E-state index contributed by atoms with van der Waals surface area (Å²) < 4.78 is 0. The Morgan fingerprint density at radius 1 is 1.17 bits per heavy atom. The number of hydrogen-bond donors (Lipinski definition) is 2. The lowest BCUT2D eigenvalue weighted by Crippen LogP contribution is -2.45. The summed E-state index contributed by atoms with van der Waals surface area (Å²) in [5.41, 5.74) is 2.22. The lowest BCUT2D eigenvalue weighted by Gasteiger charge is -2.23. The Morgan fingerprint density at radius 3 is 2.62 bits per heavy atom. The van der Waals surface area contributed by atoms with Crippen LogP contribution < -0.4 is 10.6 Å². The standard InChI is InChI=1S/C23H33N3O3/c1-15(2)7-5-8-16(3)24-20(27)14-26-21(28)23(4,25-22(26)29)19-12-11-17-9-6-10-18(17)13-19/h11-13,15-16H,5-10,14H2,1-4H3,(H,24,27)(H,25,29). The fraction of sp³-hybridized carbons (Fsp3) is 0.609. The average Bonchev–Trinajstić information content (AvgIpc) is 3.19. The molecule has 2 unspecified atom stereocenters. The van der Waals surface area contributed by atoms with Crippen LogP contribution in [0.4, 0.5) is 4.79 Å². The minimum Gasteiger partial charge on any atom is -0.352 e. The number of aryl methyl sites for hydroxylation is 2. The summed E-state index contributed by atoms with van der Waals surface area (Å²) in [6.07, 6.45) is 6.23. The van der Waals surface area contributed by atoms with Gasteiger partial charge in [-0.1, -0.05) is 44.9 Å². The van der Waals surface area contributed by atoms with E-state index in [1.165, 1.54) is 11.1 Å². The molecule has 158 valence electrons. The quantitative estimate of drug-likeness (QED) is 0.659. The maximum Gasteiger partial charge on any atom is 0.325 e. The van der Waals surface area contributed by atoms with Gasteiger partial charge in [0.2, 0.25) is 5.91 Å². The zero-order chi connectivity index (χ0) is 21.2.